The highest BCUT2D eigenvalue weighted by atomic mass is 19.1. The molecule has 1 atom stereocenters. The highest BCUT2D eigenvalue weighted by molar-refractivity contribution is 6.22. The molecule has 0 spiro atoms. The van der Waals surface area contributed by atoms with Gasteiger partial charge in [-0.3, -0.25) is 9.59 Å². The Kier molecular flexibility index (Phi) is 8.10. The molecule has 0 unspecified atom stereocenters. The Morgan fingerprint density at radius 2 is 1.63 bits per heavy atom. The van der Waals surface area contributed by atoms with Gasteiger partial charge in [0.2, 0.25) is 5.91 Å². The van der Waals surface area contributed by atoms with E-state index in [0.29, 0.717) is 35.1 Å². The molecule has 4 rings (SSSR count). The number of benzene rings is 3. The number of nitrogens with zero attached hydrogens (tertiary/aromatic N) is 2. The van der Waals surface area contributed by atoms with Crippen LogP contribution >= 0.6 is 0 Å². The van der Waals surface area contributed by atoms with E-state index >= 15 is 0 Å². The first-order valence-corrected chi connectivity index (χ1v) is 12.0. The Bertz CT molecular complexity index is 1310. The SMILES string of the molecule is CCOc1ccc(NC(=O)C[C@@H]2C(=O)N(c3ccc(F)cc3)C(=O)N2Cc2ccc(OC)c(OC)c2)cc1. The van der Waals surface area contributed by atoms with E-state index in [2.05, 4.69) is 5.32 Å². The standard InChI is InChI=1S/C28H28FN3O6/c1-4-38-22-12-8-20(9-13-22)30-26(33)16-23-27(34)32(21-10-6-19(29)7-11-21)28(35)31(23)17-18-5-14-24(36-2)25(15-18)37-3/h5-15,23H,4,16-17H2,1-3H3,(H,30,33)/t23-/m1/s1. The fraction of sp³-hybridized carbons (Fsp3) is 0.250. The summed E-state index contributed by atoms with van der Waals surface area (Å²) in [7, 11) is 3.01. The van der Waals surface area contributed by atoms with Crippen molar-refractivity contribution >= 4 is 29.2 Å². The molecule has 1 fully saturated rings. The molecule has 9 nitrogen and oxygen atoms in total. The molecular formula is C28H28FN3O6. The normalized spacial score (nSPS) is 15.0. The first-order valence-electron chi connectivity index (χ1n) is 12.0. The largest absolute Gasteiger partial charge is 0.494 e. The van der Waals surface area contributed by atoms with E-state index in [0.717, 1.165) is 4.90 Å². The van der Waals surface area contributed by atoms with Crippen molar-refractivity contribution in [3.05, 3.63) is 78.1 Å². The minimum Gasteiger partial charge on any atom is -0.494 e. The van der Waals surface area contributed by atoms with Crippen LogP contribution in [0.5, 0.6) is 17.2 Å². The van der Waals surface area contributed by atoms with Gasteiger partial charge >= 0.3 is 6.03 Å². The number of amides is 4. The van der Waals surface area contributed by atoms with Crippen LogP contribution in [-0.4, -0.2) is 49.6 Å². The van der Waals surface area contributed by atoms with Crippen LogP contribution in [0.15, 0.2) is 66.7 Å². The molecule has 198 valence electrons. The predicted molar refractivity (Wildman–Crippen MR) is 139 cm³/mol. The Hall–Kier alpha value is -4.60. The number of nitrogens with one attached hydrogen (secondary N) is 1. The summed E-state index contributed by atoms with van der Waals surface area (Å²) < 4.78 is 29.6. The molecule has 1 aliphatic rings. The van der Waals surface area contributed by atoms with E-state index < -0.39 is 29.7 Å². The van der Waals surface area contributed by atoms with Crippen LogP contribution in [-0.2, 0) is 16.1 Å². The van der Waals surface area contributed by atoms with Crippen molar-refractivity contribution in [1.29, 1.82) is 0 Å². The summed E-state index contributed by atoms with van der Waals surface area (Å²) in [5.41, 5.74) is 1.41. The van der Waals surface area contributed by atoms with Crippen LogP contribution in [0, 0.1) is 5.82 Å². The smallest absolute Gasteiger partial charge is 0.332 e. The summed E-state index contributed by atoms with van der Waals surface area (Å²) in [4.78, 5) is 42.2. The summed E-state index contributed by atoms with van der Waals surface area (Å²) in [6, 6.07) is 15.3. The lowest BCUT2D eigenvalue weighted by atomic mass is 10.1. The molecule has 1 aliphatic heterocycles. The number of carbonyl (C=O) groups excluding carboxylic acids is 3. The third-order valence-electron chi connectivity index (χ3n) is 6.03. The summed E-state index contributed by atoms with van der Waals surface area (Å²) in [5.74, 6) is 0.115. The minimum atomic E-state index is -1.08. The quantitative estimate of drug-likeness (QED) is 0.392. The summed E-state index contributed by atoms with van der Waals surface area (Å²) in [6.07, 6.45) is -0.275. The van der Waals surface area contributed by atoms with Gasteiger partial charge in [-0.1, -0.05) is 6.07 Å². The Labute approximate surface area is 219 Å². The van der Waals surface area contributed by atoms with Crippen LogP contribution < -0.4 is 24.4 Å². The monoisotopic (exact) mass is 521 g/mol. The number of hydrogen-bond acceptors (Lipinski definition) is 6. The zero-order valence-corrected chi connectivity index (χ0v) is 21.3. The van der Waals surface area contributed by atoms with Crippen molar-refractivity contribution in [2.75, 3.05) is 31.0 Å². The number of anilines is 2. The van der Waals surface area contributed by atoms with Crippen LogP contribution in [0.1, 0.15) is 18.9 Å². The predicted octanol–water partition coefficient (Wildman–Crippen LogP) is 4.61. The second-order valence-electron chi connectivity index (χ2n) is 8.48. The van der Waals surface area contributed by atoms with Crippen LogP contribution in [0.4, 0.5) is 20.6 Å². The Morgan fingerprint density at radius 1 is 0.947 bits per heavy atom. The number of rotatable bonds is 10. The second-order valence-corrected chi connectivity index (χ2v) is 8.48. The van der Waals surface area contributed by atoms with Gasteiger partial charge < -0.3 is 24.4 Å². The molecule has 3 aromatic carbocycles. The number of ether oxygens (including phenoxy) is 3. The van der Waals surface area contributed by atoms with Gasteiger partial charge in [-0.2, -0.15) is 0 Å². The van der Waals surface area contributed by atoms with Crippen molar-refractivity contribution in [3.63, 3.8) is 0 Å². The zero-order chi connectivity index (χ0) is 27.2. The average Bonchev–Trinajstić information content (AvgIpc) is 3.14. The molecule has 0 bridgehead atoms. The molecule has 0 saturated carbocycles. The van der Waals surface area contributed by atoms with E-state index in [4.69, 9.17) is 14.2 Å². The minimum absolute atomic E-state index is 0.0314. The van der Waals surface area contributed by atoms with Crippen molar-refractivity contribution in [3.8, 4) is 17.2 Å². The second kappa shape index (κ2) is 11.6. The Balaban J connectivity index is 1.59. The van der Waals surface area contributed by atoms with Gasteiger partial charge in [-0.15, -0.1) is 0 Å². The average molecular weight is 522 g/mol. The molecule has 4 amide bonds. The Morgan fingerprint density at radius 3 is 2.26 bits per heavy atom. The number of urea groups is 1. The van der Waals surface area contributed by atoms with Gasteiger partial charge in [-0.25, -0.2) is 14.1 Å². The van der Waals surface area contributed by atoms with Crippen molar-refractivity contribution in [2.24, 2.45) is 0 Å². The topological polar surface area (TPSA) is 97.4 Å². The van der Waals surface area contributed by atoms with Crippen LogP contribution in [0.2, 0.25) is 0 Å². The molecule has 38 heavy (non-hydrogen) atoms. The molecule has 1 heterocycles. The van der Waals surface area contributed by atoms with Gasteiger partial charge in [0, 0.05) is 12.2 Å². The lowest BCUT2D eigenvalue weighted by Crippen LogP contribution is -2.37. The van der Waals surface area contributed by atoms with E-state index in [1.165, 1.54) is 43.4 Å². The van der Waals surface area contributed by atoms with Gasteiger partial charge in [-0.05, 0) is 73.2 Å². The van der Waals surface area contributed by atoms with Crippen LogP contribution in [0.25, 0.3) is 0 Å². The maximum atomic E-state index is 13.5. The third kappa shape index (κ3) is 5.69. The van der Waals surface area contributed by atoms with Gasteiger partial charge in [0.25, 0.3) is 5.91 Å². The van der Waals surface area contributed by atoms with E-state index in [1.807, 2.05) is 6.92 Å². The molecule has 10 heteroatoms. The number of carbonyl (C=O) groups is 3. The first kappa shape index (κ1) is 26.5. The fourth-order valence-corrected chi connectivity index (χ4v) is 4.21. The maximum absolute atomic E-state index is 13.5. The van der Waals surface area contributed by atoms with E-state index in [9.17, 15) is 18.8 Å². The van der Waals surface area contributed by atoms with E-state index in [-0.39, 0.29) is 18.7 Å². The van der Waals surface area contributed by atoms with Crippen molar-refractivity contribution in [1.82, 2.24) is 4.90 Å². The molecular weight excluding hydrogens is 493 g/mol. The van der Waals surface area contributed by atoms with Gasteiger partial charge in [0.15, 0.2) is 11.5 Å². The molecule has 0 aromatic heterocycles. The fourth-order valence-electron chi connectivity index (χ4n) is 4.21. The summed E-state index contributed by atoms with van der Waals surface area (Å²) in [5, 5.41) is 2.76. The van der Waals surface area contributed by atoms with Gasteiger partial charge in [0.1, 0.15) is 17.6 Å². The number of imide groups is 1. The van der Waals surface area contributed by atoms with Crippen molar-refractivity contribution < 1.29 is 33.0 Å². The summed E-state index contributed by atoms with van der Waals surface area (Å²) >= 11 is 0. The summed E-state index contributed by atoms with van der Waals surface area (Å²) in [6.45, 7) is 2.42. The molecule has 1 N–H and O–H groups in total. The number of hydrogen-bond donors (Lipinski definition) is 1. The zero-order valence-electron chi connectivity index (χ0n) is 21.3. The third-order valence-corrected chi connectivity index (χ3v) is 6.03. The highest BCUT2D eigenvalue weighted by Gasteiger charge is 2.46. The highest BCUT2D eigenvalue weighted by Crippen LogP contribution is 2.32. The van der Waals surface area contributed by atoms with Crippen LogP contribution in [0.3, 0.4) is 0 Å². The molecule has 3 aromatic rings. The van der Waals surface area contributed by atoms with E-state index in [1.54, 1.807) is 42.5 Å². The van der Waals surface area contributed by atoms with Crippen molar-refractivity contribution in [2.45, 2.75) is 25.9 Å². The van der Waals surface area contributed by atoms with Gasteiger partial charge in [0.05, 0.1) is 32.9 Å². The molecule has 1 saturated heterocycles. The molecule has 0 radical (unpaired) electrons. The lowest BCUT2D eigenvalue weighted by Gasteiger charge is -2.22. The molecule has 0 aliphatic carbocycles. The first-order chi connectivity index (χ1) is 18.3. The lowest BCUT2D eigenvalue weighted by molar-refractivity contribution is -0.124. The number of methoxy groups -OCH3 is 2. The number of halogens is 1. The maximum Gasteiger partial charge on any atom is 0.332 e.